The molecule has 0 spiro atoms. The second kappa shape index (κ2) is 13.4. The summed E-state index contributed by atoms with van der Waals surface area (Å²) in [5, 5.41) is 6.51. The second-order valence-electron chi connectivity index (χ2n) is 9.50. The van der Waals surface area contributed by atoms with Crippen LogP contribution < -0.4 is 25.8 Å². The lowest BCUT2D eigenvalue weighted by Gasteiger charge is -2.23. The number of anilines is 1. The Morgan fingerprint density at radius 2 is 1.70 bits per heavy atom. The first kappa shape index (κ1) is 28.4. The van der Waals surface area contributed by atoms with E-state index in [-0.39, 0.29) is 37.2 Å². The first-order valence-electron chi connectivity index (χ1n) is 13.1. The molecule has 208 valence electrons. The summed E-state index contributed by atoms with van der Waals surface area (Å²) in [4.78, 5) is 40.7. The number of Topliss-reactive ketones (excluding diaryl/α,β-unsaturated/α-hetero) is 1. The van der Waals surface area contributed by atoms with Gasteiger partial charge >= 0.3 is 0 Å². The predicted molar refractivity (Wildman–Crippen MR) is 154 cm³/mol. The van der Waals surface area contributed by atoms with Crippen LogP contribution in [0.5, 0.6) is 11.5 Å². The number of carbonyl (C=O) groups excluding carboxylic acids is 3. The summed E-state index contributed by atoms with van der Waals surface area (Å²) in [5.74, 6) is -0.135. The number of hydrogen-bond donors (Lipinski definition) is 4. The van der Waals surface area contributed by atoms with Crippen LogP contribution in [-0.4, -0.2) is 42.8 Å². The number of aryl methyl sites for hydroxylation is 1. The Kier molecular flexibility index (Phi) is 9.53. The topological polar surface area (TPSA) is 136 Å². The third kappa shape index (κ3) is 7.27. The summed E-state index contributed by atoms with van der Waals surface area (Å²) >= 11 is 0. The van der Waals surface area contributed by atoms with E-state index >= 15 is 0 Å². The third-order valence-electron chi connectivity index (χ3n) is 6.72. The number of ether oxygens (including phenoxy) is 2. The molecule has 1 aromatic heterocycles. The van der Waals surface area contributed by atoms with Crippen LogP contribution in [0.15, 0.2) is 79.0 Å². The summed E-state index contributed by atoms with van der Waals surface area (Å²) in [6.07, 6.45) is 2.54. The Hall–Kier alpha value is -4.63. The molecule has 0 aliphatic heterocycles. The molecule has 4 rings (SSSR count). The molecule has 0 radical (unpaired) electrons. The largest absolute Gasteiger partial charge is 0.496 e. The lowest BCUT2D eigenvalue weighted by atomic mass is 9.90. The Balaban J connectivity index is 1.44. The highest BCUT2D eigenvalue weighted by Crippen LogP contribution is 2.28. The van der Waals surface area contributed by atoms with Crippen LogP contribution in [0.25, 0.3) is 10.9 Å². The van der Waals surface area contributed by atoms with Crippen LogP contribution in [0.1, 0.15) is 30.5 Å². The van der Waals surface area contributed by atoms with Gasteiger partial charge in [-0.05, 0) is 53.9 Å². The van der Waals surface area contributed by atoms with E-state index in [4.69, 9.17) is 15.2 Å². The molecule has 4 aromatic rings. The molecule has 1 heterocycles. The Labute approximate surface area is 233 Å². The fraction of sp³-hybridized carbons (Fsp3) is 0.258. The highest BCUT2D eigenvalue weighted by Gasteiger charge is 2.29. The number of amides is 2. The maximum atomic E-state index is 13.4. The number of benzene rings is 3. The maximum Gasteiger partial charge on any atom is 0.221 e. The van der Waals surface area contributed by atoms with E-state index in [1.807, 2.05) is 48.5 Å². The molecule has 0 saturated heterocycles. The third-order valence-corrected chi connectivity index (χ3v) is 6.72. The number of aromatic amines is 1. The van der Waals surface area contributed by atoms with Crippen molar-refractivity contribution in [2.75, 3.05) is 25.6 Å². The Bertz CT molecular complexity index is 1460. The van der Waals surface area contributed by atoms with Gasteiger partial charge in [-0.2, -0.15) is 0 Å². The van der Waals surface area contributed by atoms with Crippen LogP contribution in [-0.2, 0) is 20.8 Å². The molecule has 3 aromatic carbocycles. The van der Waals surface area contributed by atoms with Gasteiger partial charge in [0, 0.05) is 48.7 Å². The lowest BCUT2D eigenvalue weighted by Crippen LogP contribution is -2.40. The van der Waals surface area contributed by atoms with Crippen molar-refractivity contribution < 1.29 is 23.9 Å². The highest BCUT2D eigenvalue weighted by molar-refractivity contribution is 5.89. The van der Waals surface area contributed by atoms with E-state index < -0.39 is 12.0 Å². The number of ketones is 1. The standard InChI is InChI=1S/C31H34N4O5/c1-20(36)35-22-12-14-23(15-13-22)40-19-28(37)26(31(32)25-17-33-27-9-5-4-8-24(25)27)18-34-30(38)16-11-21-7-3-6-10-29(21)39-2/h3-10,12-15,17,26,31,33H,11,16,18-19,32H2,1-2H3,(H,34,38)(H,35,36). The van der Waals surface area contributed by atoms with E-state index in [9.17, 15) is 14.4 Å². The molecule has 2 unspecified atom stereocenters. The number of carbonyl (C=O) groups is 3. The van der Waals surface area contributed by atoms with Gasteiger partial charge in [0.1, 0.15) is 18.1 Å². The smallest absolute Gasteiger partial charge is 0.221 e. The summed E-state index contributed by atoms with van der Waals surface area (Å²) in [6.45, 7) is 1.27. The molecule has 0 fully saturated rings. The highest BCUT2D eigenvalue weighted by atomic mass is 16.5. The number of H-pyrrole nitrogens is 1. The number of hydrogen-bond acceptors (Lipinski definition) is 6. The summed E-state index contributed by atoms with van der Waals surface area (Å²) in [6, 6.07) is 21.3. The number of para-hydroxylation sites is 2. The molecule has 9 heteroatoms. The van der Waals surface area contributed by atoms with Gasteiger partial charge in [-0.25, -0.2) is 0 Å². The van der Waals surface area contributed by atoms with Gasteiger partial charge in [0.05, 0.1) is 13.0 Å². The second-order valence-corrected chi connectivity index (χ2v) is 9.50. The van der Waals surface area contributed by atoms with Crippen molar-refractivity contribution in [2.24, 2.45) is 11.7 Å². The molecular formula is C31H34N4O5. The van der Waals surface area contributed by atoms with Crippen LogP contribution >= 0.6 is 0 Å². The molecular weight excluding hydrogens is 508 g/mol. The van der Waals surface area contributed by atoms with Crippen molar-refractivity contribution in [2.45, 2.75) is 25.8 Å². The molecule has 5 N–H and O–H groups in total. The normalized spacial score (nSPS) is 12.4. The van der Waals surface area contributed by atoms with E-state index in [1.54, 1.807) is 37.6 Å². The van der Waals surface area contributed by atoms with E-state index in [1.165, 1.54) is 6.92 Å². The zero-order chi connectivity index (χ0) is 28.5. The predicted octanol–water partition coefficient (Wildman–Crippen LogP) is 4.15. The number of fused-ring (bicyclic) bond motifs is 1. The minimum atomic E-state index is -0.729. The van der Waals surface area contributed by atoms with Gasteiger partial charge in [-0.3, -0.25) is 14.4 Å². The van der Waals surface area contributed by atoms with Crippen molar-refractivity contribution in [1.82, 2.24) is 10.3 Å². The summed E-state index contributed by atoms with van der Waals surface area (Å²) in [7, 11) is 1.60. The number of methoxy groups -OCH3 is 1. The summed E-state index contributed by atoms with van der Waals surface area (Å²) < 4.78 is 11.1. The van der Waals surface area contributed by atoms with Gasteiger partial charge in [0.2, 0.25) is 11.8 Å². The molecule has 0 saturated carbocycles. The average molecular weight is 543 g/mol. The van der Waals surface area contributed by atoms with Crippen molar-refractivity contribution in [3.63, 3.8) is 0 Å². The minimum absolute atomic E-state index is 0.0646. The monoisotopic (exact) mass is 542 g/mol. The van der Waals surface area contributed by atoms with Crippen LogP contribution in [0.4, 0.5) is 5.69 Å². The number of aromatic nitrogens is 1. The SMILES string of the molecule is COc1ccccc1CCC(=O)NCC(C(=O)COc1ccc(NC(C)=O)cc1)C(N)c1c[nH]c2ccccc12. The molecule has 0 aliphatic rings. The van der Waals surface area contributed by atoms with E-state index in [0.29, 0.717) is 17.9 Å². The average Bonchev–Trinajstić information content (AvgIpc) is 3.40. The van der Waals surface area contributed by atoms with Crippen molar-refractivity contribution >= 4 is 34.2 Å². The number of nitrogens with one attached hydrogen (secondary N) is 3. The van der Waals surface area contributed by atoms with Gasteiger partial charge in [0.25, 0.3) is 0 Å². The van der Waals surface area contributed by atoms with E-state index in [2.05, 4.69) is 15.6 Å². The first-order valence-corrected chi connectivity index (χ1v) is 13.1. The molecule has 40 heavy (non-hydrogen) atoms. The minimum Gasteiger partial charge on any atom is -0.496 e. The van der Waals surface area contributed by atoms with Crippen LogP contribution in [0.3, 0.4) is 0 Å². The molecule has 0 aliphatic carbocycles. The maximum absolute atomic E-state index is 13.4. The van der Waals surface area contributed by atoms with Gasteiger partial charge < -0.3 is 30.8 Å². The fourth-order valence-corrected chi connectivity index (χ4v) is 4.60. The van der Waals surface area contributed by atoms with Crippen molar-refractivity contribution in [3.8, 4) is 11.5 Å². The molecule has 2 atom stereocenters. The van der Waals surface area contributed by atoms with Crippen LogP contribution in [0.2, 0.25) is 0 Å². The fourth-order valence-electron chi connectivity index (χ4n) is 4.60. The Morgan fingerprint density at radius 3 is 2.45 bits per heavy atom. The van der Waals surface area contributed by atoms with Crippen molar-refractivity contribution in [1.29, 1.82) is 0 Å². The molecule has 2 amide bonds. The van der Waals surface area contributed by atoms with Gasteiger partial charge in [0.15, 0.2) is 5.78 Å². The first-order chi connectivity index (χ1) is 19.4. The summed E-state index contributed by atoms with van der Waals surface area (Å²) in [5.41, 5.74) is 9.93. The Morgan fingerprint density at radius 1 is 0.975 bits per heavy atom. The lowest BCUT2D eigenvalue weighted by molar-refractivity contribution is -0.126. The molecule has 9 nitrogen and oxygen atoms in total. The van der Waals surface area contributed by atoms with Gasteiger partial charge in [-0.15, -0.1) is 0 Å². The zero-order valence-corrected chi connectivity index (χ0v) is 22.6. The van der Waals surface area contributed by atoms with Gasteiger partial charge in [-0.1, -0.05) is 36.4 Å². The number of rotatable bonds is 13. The van der Waals surface area contributed by atoms with Crippen molar-refractivity contribution in [3.05, 3.63) is 90.1 Å². The number of nitrogens with two attached hydrogens (primary N) is 1. The molecule has 0 bridgehead atoms. The zero-order valence-electron chi connectivity index (χ0n) is 22.6. The van der Waals surface area contributed by atoms with E-state index in [0.717, 1.165) is 27.8 Å². The van der Waals surface area contributed by atoms with Crippen LogP contribution in [0, 0.1) is 5.92 Å². The quantitative estimate of drug-likeness (QED) is 0.200.